The molecular formula is C6H5ClN4. The summed E-state index contributed by atoms with van der Waals surface area (Å²) in [7, 11) is 0. The monoisotopic (exact) mass is 168 g/mol. The average molecular weight is 169 g/mol. The first-order chi connectivity index (χ1) is 5.42. The van der Waals surface area contributed by atoms with Crippen molar-refractivity contribution in [3.8, 4) is 0 Å². The minimum atomic E-state index is 0.419. The van der Waals surface area contributed by atoms with Gasteiger partial charge in [0, 0.05) is 6.20 Å². The molecule has 2 heterocycles. The first-order valence-corrected chi connectivity index (χ1v) is 3.65. The van der Waals surface area contributed by atoms with Crippen molar-refractivity contribution < 1.29 is 0 Å². The lowest BCUT2D eigenvalue weighted by Gasteiger charge is -1.95. The highest BCUT2D eigenvalue weighted by Crippen LogP contribution is 2.02. The van der Waals surface area contributed by atoms with Gasteiger partial charge in [0.15, 0.2) is 0 Å². The molecule has 56 valence electrons. The number of fused-ring (bicyclic) bond motifs is 1. The van der Waals surface area contributed by atoms with E-state index < -0.39 is 0 Å². The predicted octanol–water partition coefficient (Wildman–Crippen LogP) is 0.863. The van der Waals surface area contributed by atoms with Crippen molar-refractivity contribution in [2.24, 2.45) is 0 Å². The fraction of sp³-hybridized carbons (Fsp3) is 0.167. The second-order valence-corrected chi connectivity index (χ2v) is 2.31. The van der Waals surface area contributed by atoms with Gasteiger partial charge in [-0.05, 0) is 6.07 Å². The van der Waals surface area contributed by atoms with Crippen LogP contribution in [-0.4, -0.2) is 19.6 Å². The molecule has 0 spiro atoms. The molecule has 5 heteroatoms. The standard InChI is InChI=1S/C6H5ClN4/c7-3-5-1-2-8-6-9-4-10-11(5)6/h1-2,4H,3H2. The van der Waals surface area contributed by atoms with Gasteiger partial charge in [0.05, 0.1) is 11.6 Å². The number of nitrogens with zero attached hydrogens (tertiary/aromatic N) is 4. The maximum absolute atomic E-state index is 5.65. The van der Waals surface area contributed by atoms with Gasteiger partial charge in [0.25, 0.3) is 5.78 Å². The molecule has 2 aromatic heterocycles. The van der Waals surface area contributed by atoms with E-state index in [0.29, 0.717) is 11.7 Å². The second-order valence-electron chi connectivity index (χ2n) is 2.04. The topological polar surface area (TPSA) is 43.1 Å². The van der Waals surface area contributed by atoms with Gasteiger partial charge in [-0.2, -0.15) is 10.1 Å². The average Bonchev–Trinajstić information content (AvgIpc) is 2.50. The highest BCUT2D eigenvalue weighted by atomic mass is 35.5. The Hall–Kier alpha value is -1.16. The lowest BCUT2D eigenvalue weighted by Crippen LogP contribution is -1.96. The SMILES string of the molecule is ClCc1ccnc2ncnn12. The molecule has 11 heavy (non-hydrogen) atoms. The van der Waals surface area contributed by atoms with Crippen LogP contribution in [0.3, 0.4) is 0 Å². The lowest BCUT2D eigenvalue weighted by molar-refractivity contribution is 0.885. The second kappa shape index (κ2) is 2.47. The zero-order valence-corrected chi connectivity index (χ0v) is 6.36. The Kier molecular flexibility index (Phi) is 1.47. The molecule has 0 saturated carbocycles. The van der Waals surface area contributed by atoms with Crippen LogP contribution >= 0.6 is 11.6 Å². The molecule has 4 nitrogen and oxygen atoms in total. The summed E-state index contributed by atoms with van der Waals surface area (Å²) < 4.78 is 1.62. The highest BCUT2D eigenvalue weighted by molar-refractivity contribution is 6.16. The Morgan fingerprint density at radius 1 is 1.45 bits per heavy atom. The Labute approximate surface area is 67.8 Å². The Balaban J connectivity index is 2.79. The molecule has 0 amide bonds. The minimum Gasteiger partial charge on any atom is -0.220 e. The fourth-order valence-corrected chi connectivity index (χ4v) is 1.09. The number of aromatic nitrogens is 4. The zero-order chi connectivity index (χ0) is 7.68. The third-order valence-electron chi connectivity index (χ3n) is 1.40. The Morgan fingerprint density at radius 3 is 3.18 bits per heavy atom. The molecule has 0 aliphatic heterocycles. The number of hydrogen-bond donors (Lipinski definition) is 0. The fourth-order valence-electron chi connectivity index (χ4n) is 0.888. The molecule has 0 fully saturated rings. The van der Waals surface area contributed by atoms with E-state index in [4.69, 9.17) is 11.6 Å². The van der Waals surface area contributed by atoms with E-state index in [-0.39, 0.29) is 0 Å². The van der Waals surface area contributed by atoms with Crippen LogP contribution in [0.15, 0.2) is 18.6 Å². The van der Waals surface area contributed by atoms with Crippen LogP contribution in [0.1, 0.15) is 5.69 Å². The van der Waals surface area contributed by atoms with Crippen LogP contribution in [0.5, 0.6) is 0 Å². The van der Waals surface area contributed by atoms with E-state index in [9.17, 15) is 0 Å². The summed E-state index contributed by atoms with van der Waals surface area (Å²) in [5, 5.41) is 3.95. The van der Waals surface area contributed by atoms with Gasteiger partial charge < -0.3 is 0 Å². The summed E-state index contributed by atoms with van der Waals surface area (Å²) in [5.41, 5.74) is 0.897. The molecule has 0 aromatic carbocycles. The van der Waals surface area contributed by atoms with Crippen molar-refractivity contribution in [1.29, 1.82) is 0 Å². The number of halogens is 1. The third kappa shape index (κ3) is 0.952. The largest absolute Gasteiger partial charge is 0.252 e. The molecule has 0 atom stereocenters. The van der Waals surface area contributed by atoms with Crippen molar-refractivity contribution in [3.05, 3.63) is 24.3 Å². The molecule has 0 unspecified atom stereocenters. The normalized spacial score (nSPS) is 10.6. The predicted molar refractivity (Wildman–Crippen MR) is 40.3 cm³/mol. The maximum atomic E-state index is 5.65. The van der Waals surface area contributed by atoms with Crippen molar-refractivity contribution in [2.45, 2.75) is 5.88 Å². The zero-order valence-electron chi connectivity index (χ0n) is 5.61. The van der Waals surface area contributed by atoms with Crippen molar-refractivity contribution in [1.82, 2.24) is 19.6 Å². The maximum Gasteiger partial charge on any atom is 0.252 e. The van der Waals surface area contributed by atoms with Gasteiger partial charge in [-0.3, -0.25) is 0 Å². The van der Waals surface area contributed by atoms with E-state index in [1.165, 1.54) is 6.33 Å². The summed E-state index contributed by atoms with van der Waals surface area (Å²) in [5.74, 6) is 1.01. The van der Waals surface area contributed by atoms with Gasteiger partial charge in [-0.25, -0.2) is 9.50 Å². The summed E-state index contributed by atoms with van der Waals surface area (Å²) in [6.07, 6.45) is 3.13. The molecular weight excluding hydrogens is 164 g/mol. The van der Waals surface area contributed by atoms with Gasteiger partial charge in [-0.15, -0.1) is 11.6 Å². The van der Waals surface area contributed by atoms with Gasteiger partial charge >= 0.3 is 0 Å². The van der Waals surface area contributed by atoms with Crippen molar-refractivity contribution in [3.63, 3.8) is 0 Å². The summed E-state index contributed by atoms with van der Waals surface area (Å²) in [6.45, 7) is 0. The van der Waals surface area contributed by atoms with E-state index in [1.807, 2.05) is 6.07 Å². The highest BCUT2D eigenvalue weighted by Gasteiger charge is 1.99. The van der Waals surface area contributed by atoms with Gasteiger partial charge in [0.2, 0.25) is 0 Å². The smallest absolute Gasteiger partial charge is 0.220 e. The van der Waals surface area contributed by atoms with Gasteiger partial charge in [-0.1, -0.05) is 0 Å². The number of alkyl halides is 1. The van der Waals surface area contributed by atoms with Crippen LogP contribution in [0.25, 0.3) is 5.78 Å². The number of rotatable bonds is 1. The lowest BCUT2D eigenvalue weighted by atomic mass is 10.5. The van der Waals surface area contributed by atoms with Crippen LogP contribution in [-0.2, 0) is 5.88 Å². The van der Waals surface area contributed by atoms with E-state index in [2.05, 4.69) is 15.1 Å². The quantitative estimate of drug-likeness (QED) is 0.594. The molecule has 2 rings (SSSR count). The molecule has 0 bridgehead atoms. The molecule has 0 saturated heterocycles. The van der Waals surface area contributed by atoms with Crippen LogP contribution in [0.2, 0.25) is 0 Å². The van der Waals surface area contributed by atoms with Crippen molar-refractivity contribution in [2.75, 3.05) is 0 Å². The van der Waals surface area contributed by atoms with Crippen LogP contribution in [0.4, 0.5) is 0 Å². The van der Waals surface area contributed by atoms with Crippen LogP contribution in [0, 0.1) is 0 Å². The minimum absolute atomic E-state index is 0.419. The molecule has 0 aliphatic carbocycles. The Morgan fingerprint density at radius 2 is 2.36 bits per heavy atom. The van der Waals surface area contributed by atoms with Crippen molar-refractivity contribution >= 4 is 17.4 Å². The first-order valence-electron chi connectivity index (χ1n) is 3.11. The van der Waals surface area contributed by atoms with Crippen LogP contribution < -0.4 is 0 Å². The summed E-state index contributed by atoms with van der Waals surface area (Å²) in [6, 6.07) is 1.81. The summed E-state index contributed by atoms with van der Waals surface area (Å²) in [4.78, 5) is 7.89. The van der Waals surface area contributed by atoms with Gasteiger partial charge in [0.1, 0.15) is 6.33 Å². The number of hydrogen-bond acceptors (Lipinski definition) is 3. The van der Waals surface area contributed by atoms with E-state index >= 15 is 0 Å². The summed E-state index contributed by atoms with van der Waals surface area (Å²) >= 11 is 5.65. The molecule has 0 aliphatic rings. The van der Waals surface area contributed by atoms with E-state index in [0.717, 1.165) is 5.69 Å². The molecule has 0 N–H and O–H groups in total. The van der Waals surface area contributed by atoms with E-state index in [1.54, 1.807) is 10.7 Å². The Bertz CT molecular complexity index is 369. The molecule has 0 radical (unpaired) electrons. The molecule has 2 aromatic rings. The first kappa shape index (κ1) is 6.54. The third-order valence-corrected chi connectivity index (χ3v) is 1.67.